The van der Waals surface area contributed by atoms with E-state index in [1.54, 1.807) is 11.8 Å². The van der Waals surface area contributed by atoms with Gasteiger partial charge in [-0.05, 0) is 45.4 Å². The van der Waals surface area contributed by atoms with Crippen molar-refractivity contribution in [3.63, 3.8) is 0 Å². The summed E-state index contributed by atoms with van der Waals surface area (Å²) >= 11 is 1.77. The van der Waals surface area contributed by atoms with Crippen molar-refractivity contribution in [2.75, 3.05) is 12.3 Å². The van der Waals surface area contributed by atoms with Gasteiger partial charge in [-0.2, -0.15) is 0 Å². The highest BCUT2D eigenvalue weighted by Crippen LogP contribution is 2.14. The first kappa shape index (κ1) is 14.8. The Morgan fingerprint density at radius 2 is 2.35 bits per heavy atom. The lowest BCUT2D eigenvalue weighted by atomic mass is 10.0. The Kier molecular flexibility index (Phi) is 6.97. The second-order valence-corrected chi connectivity index (χ2v) is 6.40. The normalized spacial score (nSPS) is 26.5. The standard InChI is InChI=1S/C13H26N2OS/c1-4-5-8-17-11(3)13(16)15-12-6-7-14-10(2)9-12/h10-12,14H,4-9H2,1-3H3,(H,15,16). The molecule has 0 aromatic heterocycles. The second kappa shape index (κ2) is 7.98. The van der Waals surface area contributed by atoms with Crippen LogP contribution in [0.25, 0.3) is 0 Å². The quantitative estimate of drug-likeness (QED) is 0.717. The topological polar surface area (TPSA) is 41.1 Å². The molecule has 3 atom stereocenters. The average molecular weight is 258 g/mol. The number of hydrogen-bond acceptors (Lipinski definition) is 3. The Bertz CT molecular complexity index is 235. The van der Waals surface area contributed by atoms with Gasteiger partial charge in [0.25, 0.3) is 0 Å². The van der Waals surface area contributed by atoms with Crippen LogP contribution in [-0.2, 0) is 4.79 Å². The van der Waals surface area contributed by atoms with Crippen molar-refractivity contribution in [3.05, 3.63) is 0 Å². The maximum absolute atomic E-state index is 12.0. The molecule has 0 radical (unpaired) electrons. The minimum atomic E-state index is 0.0896. The van der Waals surface area contributed by atoms with Gasteiger partial charge in [0, 0.05) is 12.1 Å². The van der Waals surface area contributed by atoms with Gasteiger partial charge in [0.05, 0.1) is 5.25 Å². The minimum Gasteiger partial charge on any atom is -0.352 e. The van der Waals surface area contributed by atoms with Crippen LogP contribution in [0.15, 0.2) is 0 Å². The molecule has 0 aromatic carbocycles. The third-order valence-corrected chi connectivity index (χ3v) is 4.44. The smallest absolute Gasteiger partial charge is 0.233 e. The van der Waals surface area contributed by atoms with Gasteiger partial charge in [-0.15, -0.1) is 11.8 Å². The number of carbonyl (C=O) groups is 1. The van der Waals surface area contributed by atoms with Crippen molar-refractivity contribution in [2.24, 2.45) is 0 Å². The average Bonchev–Trinajstić information content (AvgIpc) is 2.29. The van der Waals surface area contributed by atoms with E-state index in [2.05, 4.69) is 24.5 Å². The third kappa shape index (κ3) is 5.77. The first-order valence-corrected chi connectivity index (χ1v) is 7.83. The summed E-state index contributed by atoms with van der Waals surface area (Å²) in [5, 5.41) is 6.67. The fraction of sp³-hybridized carbons (Fsp3) is 0.923. The highest BCUT2D eigenvalue weighted by molar-refractivity contribution is 8.00. The van der Waals surface area contributed by atoms with Gasteiger partial charge in [0.1, 0.15) is 0 Å². The summed E-state index contributed by atoms with van der Waals surface area (Å²) in [4.78, 5) is 12.0. The molecular weight excluding hydrogens is 232 g/mol. The number of unbranched alkanes of at least 4 members (excludes halogenated alkanes) is 1. The number of amides is 1. The van der Waals surface area contributed by atoms with Gasteiger partial charge < -0.3 is 10.6 Å². The van der Waals surface area contributed by atoms with Crippen LogP contribution in [0.1, 0.15) is 46.5 Å². The molecular formula is C13H26N2OS. The second-order valence-electron chi connectivity index (χ2n) is 4.95. The number of thioether (sulfide) groups is 1. The van der Waals surface area contributed by atoms with Crippen molar-refractivity contribution in [1.29, 1.82) is 0 Å². The van der Waals surface area contributed by atoms with Gasteiger partial charge in [-0.25, -0.2) is 0 Å². The van der Waals surface area contributed by atoms with E-state index in [-0.39, 0.29) is 11.2 Å². The molecule has 1 fully saturated rings. The summed E-state index contributed by atoms with van der Waals surface area (Å²) in [6.45, 7) is 7.39. The molecule has 0 bridgehead atoms. The van der Waals surface area contributed by atoms with E-state index in [0.717, 1.165) is 25.1 Å². The summed E-state index contributed by atoms with van der Waals surface area (Å²) in [6, 6.07) is 0.894. The molecule has 0 spiro atoms. The maximum Gasteiger partial charge on any atom is 0.233 e. The molecule has 1 aliphatic heterocycles. The number of hydrogen-bond donors (Lipinski definition) is 2. The first-order valence-electron chi connectivity index (χ1n) is 6.78. The van der Waals surface area contributed by atoms with E-state index in [4.69, 9.17) is 0 Å². The van der Waals surface area contributed by atoms with Crippen LogP contribution < -0.4 is 10.6 Å². The first-order chi connectivity index (χ1) is 8.13. The summed E-state index contributed by atoms with van der Waals surface area (Å²) in [7, 11) is 0. The van der Waals surface area contributed by atoms with Crippen LogP contribution >= 0.6 is 11.8 Å². The molecule has 1 rings (SSSR count). The Morgan fingerprint density at radius 1 is 1.59 bits per heavy atom. The van der Waals surface area contributed by atoms with Crippen LogP contribution in [-0.4, -0.2) is 35.5 Å². The molecule has 3 unspecified atom stereocenters. The molecule has 2 N–H and O–H groups in total. The predicted molar refractivity (Wildman–Crippen MR) is 75.5 cm³/mol. The molecule has 0 aliphatic carbocycles. The van der Waals surface area contributed by atoms with Gasteiger partial charge in [-0.3, -0.25) is 4.79 Å². The van der Waals surface area contributed by atoms with Gasteiger partial charge >= 0.3 is 0 Å². The number of piperidine rings is 1. The molecule has 17 heavy (non-hydrogen) atoms. The molecule has 1 amide bonds. The monoisotopic (exact) mass is 258 g/mol. The summed E-state index contributed by atoms with van der Waals surface area (Å²) in [6.07, 6.45) is 4.51. The number of nitrogens with one attached hydrogen (secondary N) is 2. The molecule has 0 aromatic rings. The van der Waals surface area contributed by atoms with E-state index in [0.29, 0.717) is 12.1 Å². The third-order valence-electron chi connectivity index (χ3n) is 3.21. The van der Waals surface area contributed by atoms with E-state index < -0.39 is 0 Å². The highest BCUT2D eigenvalue weighted by Gasteiger charge is 2.22. The van der Waals surface area contributed by atoms with E-state index in [9.17, 15) is 4.79 Å². The minimum absolute atomic E-state index is 0.0896. The van der Waals surface area contributed by atoms with Crippen LogP contribution in [0.5, 0.6) is 0 Å². The van der Waals surface area contributed by atoms with Crippen molar-refractivity contribution in [3.8, 4) is 0 Å². The molecule has 100 valence electrons. The van der Waals surface area contributed by atoms with Crippen molar-refractivity contribution < 1.29 is 4.79 Å². The predicted octanol–water partition coefficient (Wildman–Crippen LogP) is 2.16. The maximum atomic E-state index is 12.0. The molecule has 1 saturated heterocycles. The fourth-order valence-corrected chi connectivity index (χ4v) is 3.09. The summed E-state index contributed by atoms with van der Waals surface area (Å²) < 4.78 is 0. The van der Waals surface area contributed by atoms with Crippen LogP contribution in [0.3, 0.4) is 0 Å². The van der Waals surface area contributed by atoms with Crippen molar-refractivity contribution in [2.45, 2.75) is 63.8 Å². The van der Waals surface area contributed by atoms with Crippen molar-refractivity contribution in [1.82, 2.24) is 10.6 Å². The Morgan fingerprint density at radius 3 is 3.00 bits per heavy atom. The lowest BCUT2D eigenvalue weighted by molar-refractivity contribution is -0.121. The molecule has 0 saturated carbocycles. The zero-order chi connectivity index (χ0) is 12.7. The molecule has 3 nitrogen and oxygen atoms in total. The SMILES string of the molecule is CCCCSC(C)C(=O)NC1CCNC(C)C1. The zero-order valence-corrected chi connectivity index (χ0v) is 12.1. The van der Waals surface area contributed by atoms with Gasteiger partial charge in [0.2, 0.25) is 5.91 Å². The van der Waals surface area contributed by atoms with Crippen molar-refractivity contribution >= 4 is 17.7 Å². The number of rotatable bonds is 6. The Balaban J connectivity index is 2.22. The fourth-order valence-electron chi connectivity index (χ4n) is 2.06. The van der Waals surface area contributed by atoms with E-state index >= 15 is 0 Å². The van der Waals surface area contributed by atoms with E-state index in [1.807, 2.05) is 6.92 Å². The number of carbonyl (C=O) groups excluding carboxylic acids is 1. The summed E-state index contributed by atoms with van der Waals surface area (Å²) in [5.74, 6) is 1.30. The van der Waals surface area contributed by atoms with Crippen LogP contribution in [0.2, 0.25) is 0 Å². The van der Waals surface area contributed by atoms with Crippen LogP contribution in [0.4, 0.5) is 0 Å². The summed E-state index contributed by atoms with van der Waals surface area (Å²) in [5.41, 5.74) is 0. The van der Waals surface area contributed by atoms with E-state index in [1.165, 1.54) is 12.8 Å². The molecule has 4 heteroatoms. The highest BCUT2D eigenvalue weighted by atomic mass is 32.2. The van der Waals surface area contributed by atoms with Gasteiger partial charge in [0.15, 0.2) is 0 Å². The lowest BCUT2D eigenvalue weighted by Gasteiger charge is -2.29. The van der Waals surface area contributed by atoms with Gasteiger partial charge in [-0.1, -0.05) is 13.3 Å². The molecule has 1 heterocycles. The Labute approximate surface area is 109 Å². The molecule has 1 aliphatic rings. The van der Waals surface area contributed by atoms with Crippen LogP contribution in [0, 0.1) is 0 Å². The zero-order valence-electron chi connectivity index (χ0n) is 11.3. The Hall–Kier alpha value is -0.220. The largest absolute Gasteiger partial charge is 0.352 e. The lowest BCUT2D eigenvalue weighted by Crippen LogP contribution is -2.48.